The molecule has 4 fully saturated rings. The first-order chi connectivity index (χ1) is 13.5. The molecule has 6 heteroatoms. The molecule has 1 aromatic heterocycles. The van der Waals surface area contributed by atoms with E-state index in [1.165, 1.54) is 19.3 Å². The van der Waals surface area contributed by atoms with Gasteiger partial charge in [-0.25, -0.2) is 0 Å². The van der Waals surface area contributed by atoms with Crippen molar-refractivity contribution in [2.24, 2.45) is 23.2 Å². The van der Waals surface area contributed by atoms with Crippen LogP contribution in [0, 0.1) is 23.2 Å². The largest absolute Gasteiger partial charge is 0.337 e. The molecule has 28 heavy (non-hydrogen) atoms. The van der Waals surface area contributed by atoms with Gasteiger partial charge in [-0.05, 0) is 87.5 Å². The lowest BCUT2D eigenvalue weighted by Crippen LogP contribution is -2.54. The highest BCUT2D eigenvalue weighted by Crippen LogP contribution is 2.60. The standard InChI is InChI=1S/C22H26ClN3O2/c1-2-26(13-19-24-20(25-28-19)17-3-5-18(23)6-4-17)21(27)22-10-14-7-15(11-22)9-16(8-14)12-22/h3-6,14-16H,2,7-13H2,1H3. The fourth-order valence-electron chi connectivity index (χ4n) is 6.23. The van der Waals surface area contributed by atoms with Crippen LogP contribution in [-0.2, 0) is 11.3 Å². The Balaban J connectivity index is 1.33. The molecule has 0 saturated heterocycles. The molecule has 1 amide bonds. The second-order valence-corrected chi connectivity index (χ2v) is 9.47. The summed E-state index contributed by atoms with van der Waals surface area (Å²) in [6.45, 7) is 3.09. The van der Waals surface area contributed by atoms with Gasteiger partial charge in [0, 0.05) is 17.1 Å². The first-order valence-corrected chi connectivity index (χ1v) is 10.8. The Bertz CT molecular complexity index is 841. The molecule has 1 heterocycles. The van der Waals surface area contributed by atoms with Crippen molar-refractivity contribution in [3.63, 3.8) is 0 Å². The molecule has 0 unspecified atom stereocenters. The number of benzene rings is 1. The highest BCUT2D eigenvalue weighted by molar-refractivity contribution is 6.30. The summed E-state index contributed by atoms with van der Waals surface area (Å²) in [5.41, 5.74) is 0.721. The second-order valence-electron chi connectivity index (χ2n) is 9.04. The topological polar surface area (TPSA) is 59.2 Å². The van der Waals surface area contributed by atoms with E-state index in [0.29, 0.717) is 35.7 Å². The number of halogens is 1. The average molecular weight is 400 g/mol. The van der Waals surface area contributed by atoms with Crippen LogP contribution in [0.25, 0.3) is 11.4 Å². The van der Waals surface area contributed by atoms with Crippen LogP contribution in [0.1, 0.15) is 51.3 Å². The predicted octanol–water partition coefficient (Wildman–Crippen LogP) is 4.95. The van der Waals surface area contributed by atoms with Gasteiger partial charge in [-0.1, -0.05) is 16.8 Å². The van der Waals surface area contributed by atoms with Crippen LogP contribution in [0.3, 0.4) is 0 Å². The quantitative estimate of drug-likeness (QED) is 0.713. The Labute approximate surface area is 170 Å². The van der Waals surface area contributed by atoms with Gasteiger partial charge >= 0.3 is 0 Å². The van der Waals surface area contributed by atoms with E-state index in [4.69, 9.17) is 16.1 Å². The van der Waals surface area contributed by atoms with Crippen molar-refractivity contribution in [2.75, 3.05) is 6.54 Å². The molecular formula is C22H26ClN3O2. The summed E-state index contributed by atoms with van der Waals surface area (Å²) in [5.74, 6) is 3.60. The second kappa shape index (κ2) is 6.87. The van der Waals surface area contributed by atoms with Crippen molar-refractivity contribution < 1.29 is 9.32 Å². The molecule has 4 aliphatic rings. The van der Waals surface area contributed by atoms with Gasteiger partial charge < -0.3 is 9.42 Å². The Morgan fingerprint density at radius 1 is 1.14 bits per heavy atom. The first kappa shape index (κ1) is 18.2. The van der Waals surface area contributed by atoms with Gasteiger partial charge in [0.05, 0.1) is 12.0 Å². The molecule has 4 bridgehead atoms. The van der Waals surface area contributed by atoms with E-state index in [0.717, 1.165) is 42.6 Å². The van der Waals surface area contributed by atoms with E-state index in [1.54, 1.807) is 0 Å². The van der Waals surface area contributed by atoms with Crippen molar-refractivity contribution in [3.8, 4) is 11.4 Å². The van der Waals surface area contributed by atoms with Crippen LogP contribution < -0.4 is 0 Å². The van der Waals surface area contributed by atoms with E-state index in [2.05, 4.69) is 10.1 Å². The number of rotatable bonds is 5. The molecule has 4 saturated carbocycles. The van der Waals surface area contributed by atoms with Gasteiger partial charge in [0.15, 0.2) is 0 Å². The van der Waals surface area contributed by atoms with E-state index < -0.39 is 0 Å². The fourth-order valence-corrected chi connectivity index (χ4v) is 6.36. The molecule has 0 spiro atoms. The third-order valence-electron chi connectivity index (χ3n) is 7.06. The lowest BCUT2D eigenvalue weighted by atomic mass is 9.49. The molecule has 5 nitrogen and oxygen atoms in total. The Morgan fingerprint density at radius 2 is 1.75 bits per heavy atom. The summed E-state index contributed by atoms with van der Waals surface area (Å²) >= 11 is 5.95. The van der Waals surface area contributed by atoms with Gasteiger partial charge in [-0.2, -0.15) is 4.98 Å². The summed E-state index contributed by atoms with van der Waals surface area (Å²) in [5, 5.41) is 4.76. The zero-order valence-electron chi connectivity index (χ0n) is 16.2. The molecule has 1 aromatic carbocycles. The number of hydrogen-bond acceptors (Lipinski definition) is 4. The van der Waals surface area contributed by atoms with E-state index in [1.807, 2.05) is 36.1 Å². The number of carbonyl (C=O) groups is 1. The fraction of sp³-hybridized carbons (Fsp3) is 0.591. The highest BCUT2D eigenvalue weighted by atomic mass is 35.5. The lowest BCUT2D eigenvalue weighted by molar-refractivity contribution is -0.158. The van der Waals surface area contributed by atoms with Crippen LogP contribution >= 0.6 is 11.6 Å². The van der Waals surface area contributed by atoms with Gasteiger partial charge in [-0.15, -0.1) is 0 Å². The number of amides is 1. The maximum absolute atomic E-state index is 13.6. The normalized spacial score (nSPS) is 30.6. The van der Waals surface area contributed by atoms with Crippen LogP contribution in [0.2, 0.25) is 5.02 Å². The molecule has 0 N–H and O–H groups in total. The number of aromatic nitrogens is 2. The molecular weight excluding hydrogens is 374 g/mol. The monoisotopic (exact) mass is 399 g/mol. The summed E-state index contributed by atoms with van der Waals surface area (Å²) in [6.07, 6.45) is 7.25. The van der Waals surface area contributed by atoms with Crippen molar-refractivity contribution in [3.05, 3.63) is 35.2 Å². The highest BCUT2D eigenvalue weighted by Gasteiger charge is 2.55. The third kappa shape index (κ3) is 3.14. The Kier molecular flexibility index (Phi) is 4.46. The summed E-state index contributed by atoms with van der Waals surface area (Å²) in [6, 6.07) is 7.36. The molecule has 6 rings (SSSR count). The molecule has 2 aromatic rings. The van der Waals surface area contributed by atoms with Crippen LogP contribution in [-0.4, -0.2) is 27.5 Å². The van der Waals surface area contributed by atoms with Gasteiger partial charge in [-0.3, -0.25) is 4.79 Å². The van der Waals surface area contributed by atoms with E-state index in [9.17, 15) is 4.79 Å². The molecule has 0 radical (unpaired) electrons. The average Bonchev–Trinajstić information content (AvgIpc) is 3.13. The van der Waals surface area contributed by atoms with Crippen LogP contribution in [0.15, 0.2) is 28.8 Å². The van der Waals surface area contributed by atoms with Crippen molar-refractivity contribution in [1.29, 1.82) is 0 Å². The maximum atomic E-state index is 13.6. The van der Waals surface area contributed by atoms with Gasteiger partial charge in [0.1, 0.15) is 0 Å². The number of hydrogen-bond donors (Lipinski definition) is 0. The van der Waals surface area contributed by atoms with Crippen LogP contribution in [0.5, 0.6) is 0 Å². The summed E-state index contributed by atoms with van der Waals surface area (Å²) < 4.78 is 5.46. The SMILES string of the molecule is CCN(Cc1nc(-c2ccc(Cl)cc2)no1)C(=O)C12CC3CC(CC(C3)C1)C2. The Morgan fingerprint density at radius 3 is 2.32 bits per heavy atom. The Hall–Kier alpha value is -1.88. The zero-order chi connectivity index (χ0) is 19.3. The summed E-state index contributed by atoms with van der Waals surface area (Å²) in [4.78, 5) is 20.0. The lowest BCUT2D eigenvalue weighted by Gasteiger charge is -2.56. The maximum Gasteiger partial charge on any atom is 0.246 e. The predicted molar refractivity (Wildman–Crippen MR) is 106 cm³/mol. The van der Waals surface area contributed by atoms with Crippen LogP contribution in [0.4, 0.5) is 0 Å². The van der Waals surface area contributed by atoms with E-state index in [-0.39, 0.29) is 5.41 Å². The van der Waals surface area contributed by atoms with Crippen molar-refractivity contribution in [1.82, 2.24) is 15.0 Å². The van der Waals surface area contributed by atoms with E-state index >= 15 is 0 Å². The molecule has 0 aliphatic heterocycles. The van der Waals surface area contributed by atoms with Crippen molar-refractivity contribution in [2.45, 2.75) is 52.0 Å². The zero-order valence-corrected chi connectivity index (χ0v) is 17.0. The first-order valence-electron chi connectivity index (χ1n) is 10.4. The minimum absolute atomic E-state index is 0.135. The molecule has 148 valence electrons. The minimum atomic E-state index is -0.135. The summed E-state index contributed by atoms with van der Waals surface area (Å²) in [7, 11) is 0. The van der Waals surface area contributed by atoms with Crippen molar-refractivity contribution >= 4 is 17.5 Å². The molecule has 4 aliphatic carbocycles. The number of carbonyl (C=O) groups excluding carboxylic acids is 1. The smallest absolute Gasteiger partial charge is 0.246 e. The van der Waals surface area contributed by atoms with Gasteiger partial charge in [0.25, 0.3) is 0 Å². The number of nitrogens with zero attached hydrogens (tertiary/aromatic N) is 3. The molecule has 0 atom stereocenters. The third-order valence-corrected chi connectivity index (χ3v) is 7.31. The van der Waals surface area contributed by atoms with Gasteiger partial charge in [0.2, 0.25) is 17.6 Å². The minimum Gasteiger partial charge on any atom is -0.337 e.